The van der Waals surface area contributed by atoms with Crippen LogP contribution in [0.25, 0.3) is 5.65 Å². The summed E-state index contributed by atoms with van der Waals surface area (Å²) in [7, 11) is 1.91. The third kappa shape index (κ3) is 2.01. The molecule has 5 heteroatoms. The van der Waals surface area contributed by atoms with Crippen molar-refractivity contribution in [3.63, 3.8) is 0 Å². The molecule has 0 fully saturated rings. The minimum atomic E-state index is 0.675. The van der Waals surface area contributed by atoms with Gasteiger partial charge in [-0.05, 0) is 26.5 Å². The van der Waals surface area contributed by atoms with Gasteiger partial charge in [0, 0.05) is 0 Å². The second kappa shape index (κ2) is 4.59. The number of fused-ring (bicyclic) bond motifs is 1. The van der Waals surface area contributed by atoms with E-state index in [0.29, 0.717) is 5.62 Å². The molecule has 0 saturated carbocycles. The lowest BCUT2D eigenvalue weighted by Crippen LogP contribution is -2.36. The van der Waals surface area contributed by atoms with E-state index in [9.17, 15) is 0 Å². The van der Waals surface area contributed by atoms with Gasteiger partial charge in [0.2, 0.25) is 5.62 Å². The first-order valence-corrected chi connectivity index (χ1v) is 6.55. The zero-order valence-electron chi connectivity index (χ0n) is 12.1. The van der Waals surface area contributed by atoms with Gasteiger partial charge in [-0.1, -0.05) is 29.8 Å². The molecule has 20 heavy (non-hydrogen) atoms. The van der Waals surface area contributed by atoms with Gasteiger partial charge in [-0.2, -0.15) is 14.2 Å². The van der Waals surface area contributed by atoms with Crippen LogP contribution in [0.5, 0.6) is 0 Å². The molecule has 0 atom stereocenters. The van der Waals surface area contributed by atoms with Crippen LogP contribution in [0.4, 0.5) is 5.69 Å². The molecule has 2 aromatic heterocycles. The maximum Gasteiger partial charge on any atom is 0.317 e. The number of nitrogens with zero attached hydrogens (tertiary/aromatic N) is 5. The molecule has 2 heterocycles. The Hall–Kier alpha value is -2.43. The fourth-order valence-corrected chi connectivity index (χ4v) is 2.30. The maximum absolute atomic E-state index is 4.64. The predicted molar refractivity (Wildman–Crippen MR) is 75.6 cm³/mol. The second-order valence-electron chi connectivity index (χ2n) is 5.01. The summed E-state index contributed by atoms with van der Waals surface area (Å²) in [6.07, 6.45) is 1.85. The molecule has 1 aromatic carbocycles. The summed E-state index contributed by atoms with van der Waals surface area (Å²) in [6.45, 7) is 6.05. The summed E-state index contributed by atoms with van der Waals surface area (Å²) >= 11 is 0. The average Bonchev–Trinajstić information content (AvgIpc) is 2.75. The SMILES string of the molecule is Cc1ccc(N=c2[n-][n+](C)c3c(C)ncc(C)n23)cc1. The van der Waals surface area contributed by atoms with Crippen LogP contribution in [0.15, 0.2) is 35.5 Å². The number of rotatable bonds is 1. The van der Waals surface area contributed by atoms with Gasteiger partial charge in [0.1, 0.15) is 11.4 Å². The second-order valence-corrected chi connectivity index (χ2v) is 5.01. The molecule has 5 nitrogen and oxygen atoms in total. The van der Waals surface area contributed by atoms with Crippen LogP contribution in [-0.4, -0.2) is 9.38 Å². The molecule has 3 rings (SSSR count). The predicted octanol–water partition coefficient (Wildman–Crippen LogP) is 1.27. The Morgan fingerprint density at radius 2 is 1.85 bits per heavy atom. The number of aromatic nitrogens is 4. The molecule has 102 valence electrons. The van der Waals surface area contributed by atoms with E-state index < -0.39 is 0 Å². The van der Waals surface area contributed by atoms with Crippen LogP contribution in [0.2, 0.25) is 0 Å². The molecule has 0 radical (unpaired) electrons. The zero-order valence-corrected chi connectivity index (χ0v) is 12.1. The summed E-state index contributed by atoms with van der Waals surface area (Å²) in [6, 6.07) is 8.10. The van der Waals surface area contributed by atoms with E-state index >= 15 is 0 Å². The molecule has 0 spiro atoms. The fourth-order valence-electron chi connectivity index (χ4n) is 2.30. The lowest BCUT2D eigenvalue weighted by molar-refractivity contribution is -0.710. The third-order valence-corrected chi connectivity index (χ3v) is 3.34. The van der Waals surface area contributed by atoms with E-state index in [4.69, 9.17) is 0 Å². The van der Waals surface area contributed by atoms with Gasteiger partial charge < -0.3 is 4.99 Å². The van der Waals surface area contributed by atoms with Crippen molar-refractivity contribution in [2.45, 2.75) is 20.8 Å². The van der Waals surface area contributed by atoms with Gasteiger partial charge in [0.15, 0.2) is 0 Å². The van der Waals surface area contributed by atoms with E-state index in [-0.39, 0.29) is 0 Å². The molecule has 0 aliphatic carbocycles. The topological polar surface area (TPSA) is 47.6 Å². The first-order valence-electron chi connectivity index (χ1n) is 6.55. The van der Waals surface area contributed by atoms with E-state index in [1.54, 1.807) is 0 Å². The van der Waals surface area contributed by atoms with Crippen LogP contribution < -0.4 is 15.4 Å². The summed E-state index contributed by atoms with van der Waals surface area (Å²) < 4.78 is 3.85. The molecule has 0 aliphatic heterocycles. The summed E-state index contributed by atoms with van der Waals surface area (Å²) in [5.41, 5.74) is 5.72. The quantitative estimate of drug-likeness (QED) is 0.623. The van der Waals surface area contributed by atoms with Gasteiger partial charge in [-0.15, -0.1) is 0 Å². The Bertz CT molecular complexity index is 837. The highest BCUT2D eigenvalue weighted by Gasteiger charge is 2.14. The molecular weight excluding hydrogens is 250 g/mol. The number of aryl methyl sites for hydroxylation is 4. The Balaban J connectivity index is 2.32. The smallest absolute Gasteiger partial charge is 0.317 e. The van der Waals surface area contributed by atoms with Crippen molar-refractivity contribution in [2.24, 2.45) is 12.0 Å². The van der Waals surface area contributed by atoms with E-state index in [2.05, 4.69) is 22.0 Å². The molecule has 0 bridgehead atoms. The Morgan fingerprint density at radius 3 is 2.55 bits per heavy atom. The van der Waals surface area contributed by atoms with Crippen molar-refractivity contribution >= 4 is 11.3 Å². The fraction of sp³-hybridized carbons (Fsp3) is 0.267. The molecule has 0 amide bonds. The Labute approximate surface area is 117 Å². The Kier molecular flexibility index (Phi) is 2.89. The van der Waals surface area contributed by atoms with Gasteiger partial charge in [-0.3, -0.25) is 0 Å². The zero-order chi connectivity index (χ0) is 14.3. The molecule has 0 N–H and O–H groups in total. The molecule has 3 aromatic rings. The summed E-state index contributed by atoms with van der Waals surface area (Å²) in [5, 5.41) is 4.50. The highest BCUT2D eigenvalue weighted by molar-refractivity contribution is 5.40. The van der Waals surface area contributed by atoms with Crippen molar-refractivity contribution in [3.8, 4) is 0 Å². The van der Waals surface area contributed by atoms with Crippen LogP contribution >= 0.6 is 0 Å². The standard InChI is InChI=1S/C15H17N5/c1-10-5-7-13(8-6-10)17-15-18-19(4)14-12(3)16-9-11(2)20(14)15/h5-9H,1-4H3. The van der Waals surface area contributed by atoms with E-state index in [1.165, 1.54) is 5.56 Å². The number of benzene rings is 1. The van der Waals surface area contributed by atoms with Crippen LogP contribution in [0.1, 0.15) is 17.0 Å². The Morgan fingerprint density at radius 1 is 1.15 bits per heavy atom. The van der Waals surface area contributed by atoms with Crippen LogP contribution in [-0.2, 0) is 7.05 Å². The van der Waals surface area contributed by atoms with E-state index in [0.717, 1.165) is 22.7 Å². The minimum Gasteiger partial charge on any atom is -0.323 e. The van der Waals surface area contributed by atoms with Crippen molar-refractivity contribution in [2.75, 3.05) is 0 Å². The van der Waals surface area contributed by atoms with Gasteiger partial charge in [-0.25, -0.2) is 4.98 Å². The highest BCUT2D eigenvalue weighted by atomic mass is 15.4. The van der Waals surface area contributed by atoms with Crippen LogP contribution in [0.3, 0.4) is 0 Å². The maximum atomic E-state index is 4.64. The average molecular weight is 267 g/mol. The van der Waals surface area contributed by atoms with Crippen molar-refractivity contribution < 1.29 is 4.68 Å². The normalized spacial score (nSPS) is 12.3. The monoisotopic (exact) mass is 267 g/mol. The summed E-state index contributed by atoms with van der Waals surface area (Å²) in [4.78, 5) is 9.01. The molecule has 0 unspecified atom stereocenters. The molecular formula is C15H17N5. The first-order chi connectivity index (χ1) is 9.56. The number of hydrogen-bond donors (Lipinski definition) is 0. The summed E-state index contributed by atoms with van der Waals surface area (Å²) in [5.74, 6) is 0. The lowest BCUT2D eigenvalue weighted by atomic mass is 10.2. The van der Waals surface area contributed by atoms with Crippen molar-refractivity contribution in [1.29, 1.82) is 0 Å². The first kappa shape index (κ1) is 12.6. The van der Waals surface area contributed by atoms with Gasteiger partial charge >= 0.3 is 5.65 Å². The molecule has 0 saturated heterocycles. The van der Waals surface area contributed by atoms with Crippen molar-refractivity contribution in [3.05, 3.63) is 53.0 Å². The molecule has 0 aliphatic rings. The van der Waals surface area contributed by atoms with E-state index in [1.807, 2.05) is 60.4 Å². The van der Waals surface area contributed by atoms with Crippen molar-refractivity contribution in [1.82, 2.24) is 14.5 Å². The van der Waals surface area contributed by atoms with Gasteiger partial charge in [0.05, 0.1) is 13.2 Å². The van der Waals surface area contributed by atoms with Gasteiger partial charge in [0.25, 0.3) is 0 Å². The lowest BCUT2D eigenvalue weighted by Gasteiger charge is -1.98. The number of hydrogen-bond acceptors (Lipinski definition) is 2. The third-order valence-electron chi connectivity index (χ3n) is 3.34. The van der Waals surface area contributed by atoms with Crippen LogP contribution in [0, 0.1) is 20.8 Å². The highest BCUT2D eigenvalue weighted by Crippen LogP contribution is 2.11. The largest absolute Gasteiger partial charge is 0.323 e. The minimum absolute atomic E-state index is 0.675.